The molecule has 1 aliphatic heterocycles. The zero-order valence-corrected chi connectivity index (χ0v) is 21.5. The Kier molecular flexibility index (Phi) is 9.05. The first-order chi connectivity index (χ1) is 18.0. The molecule has 5 atom stereocenters. The summed E-state index contributed by atoms with van der Waals surface area (Å²) in [5.41, 5.74) is 0.862. The molecule has 1 aliphatic rings. The number of methoxy groups -OCH3 is 1. The first-order valence-corrected chi connectivity index (χ1v) is 12.7. The standard InChI is InChI=1S/C28H25BrO8/c1-33-28-24(37-27(32)20-15-9-4-10-16-20)23(36-26(31)19-13-7-3-8-14-19)22(21(17-29)34-28)35-25(30)18-11-5-2-6-12-18/h2-16,21-24,28H,17H2,1H3/t21-,22+,23+,24-,28+/m1/s1. The van der Waals surface area contributed by atoms with Crippen LogP contribution in [0.4, 0.5) is 0 Å². The second-order valence-corrected chi connectivity index (χ2v) is 8.79. The van der Waals surface area contributed by atoms with E-state index in [2.05, 4.69) is 15.9 Å². The molecule has 0 N–H and O–H groups in total. The predicted molar refractivity (Wildman–Crippen MR) is 136 cm³/mol. The Labute approximate surface area is 222 Å². The Hall–Kier alpha value is -3.53. The van der Waals surface area contributed by atoms with Crippen LogP contribution in [0.5, 0.6) is 0 Å². The number of benzene rings is 3. The molecule has 0 spiro atoms. The molecule has 1 fully saturated rings. The van der Waals surface area contributed by atoms with Gasteiger partial charge in [-0.2, -0.15) is 0 Å². The van der Waals surface area contributed by atoms with Crippen molar-refractivity contribution >= 4 is 33.8 Å². The van der Waals surface area contributed by atoms with Crippen molar-refractivity contribution in [3.05, 3.63) is 108 Å². The summed E-state index contributed by atoms with van der Waals surface area (Å²) in [6.07, 6.45) is -5.49. The third-order valence-electron chi connectivity index (χ3n) is 5.73. The fraction of sp³-hybridized carbons (Fsp3) is 0.250. The van der Waals surface area contributed by atoms with E-state index in [4.69, 9.17) is 23.7 Å². The lowest BCUT2D eigenvalue weighted by Crippen LogP contribution is -2.62. The maximum absolute atomic E-state index is 13.1. The quantitative estimate of drug-likeness (QED) is 0.223. The number of rotatable bonds is 8. The van der Waals surface area contributed by atoms with Gasteiger partial charge in [0, 0.05) is 12.4 Å². The van der Waals surface area contributed by atoms with E-state index < -0.39 is 48.6 Å². The van der Waals surface area contributed by atoms with Crippen LogP contribution in [0.25, 0.3) is 0 Å². The Morgan fingerprint density at radius 2 is 1.03 bits per heavy atom. The fourth-order valence-corrected chi connectivity index (χ4v) is 4.41. The Morgan fingerprint density at radius 1 is 0.649 bits per heavy atom. The summed E-state index contributed by atoms with van der Waals surface area (Å²) in [7, 11) is 1.38. The van der Waals surface area contributed by atoms with Crippen molar-refractivity contribution in [1.29, 1.82) is 0 Å². The number of halogens is 1. The maximum Gasteiger partial charge on any atom is 0.338 e. The molecule has 0 radical (unpaired) electrons. The van der Waals surface area contributed by atoms with Crippen molar-refractivity contribution in [3.63, 3.8) is 0 Å². The normalized spacial score (nSPS) is 23.0. The molecule has 0 aromatic heterocycles. The highest BCUT2D eigenvalue weighted by molar-refractivity contribution is 9.09. The van der Waals surface area contributed by atoms with Crippen molar-refractivity contribution in [2.45, 2.75) is 30.7 Å². The van der Waals surface area contributed by atoms with Gasteiger partial charge in [0.2, 0.25) is 0 Å². The van der Waals surface area contributed by atoms with Crippen LogP contribution in [-0.4, -0.2) is 61.1 Å². The summed E-state index contributed by atoms with van der Waals surface area (Å²) in [6.45, 7) is 0. The lowest BCUT2D eigenvalue weighted by Gasteiger charge is -2.43. The lowest BCUT2D eigenvalue weighted by atomic mass is 9.98. The monoisotopic (exact) mass is 568 g/mol. The van der Waals surface area contributed by atoms with Gasteiger partial charge in [0.15, 0.2) is 24.6 Å². The number of carbonyl (C=O) groups excluding carboxylic acids is 3. The van der Waals surface area contributed by atoms with E-state index in [9.17, 15) is 14.4 Å². The van der Waals surface area contributed by atoms with Gasteiger partial charge < -0.3 is 23.7 Å². The Balaban J connectivity index is 1.69. The molecule has 1 heterocycles. The fourth-order valence-electron chi connectivity index (χ4n) is 3.89. The van der Waals surface area contributed by atoms with Gasteiger partial charge in [0.25, 0.3) is 0 Å². The van der Waals surface area contributed by atoms with E-state index >= 15 is 0 Å². The number of esters is 3. The topological polar surface area (TPSA) is 97.4 Å². The minimum Gasteiger partial charge on any atom is -0.452 e. The van der Waals surface area contributed by atoms with Crippen molar-refractivity contribution in [3.8, 4) is 0 Å². The largest absolute Gasteiger partial charge is 0.452 e. The van der Waals surface area contributed by atoms with E-state index in [0.29, 0.717) is 5.56 Å². The zero-order valence-electron chi connectivity index (χ0n) is 19.9. The van der Waals surface area contributed by atoms with Crippen LogP contribution in [0.3, 0.4) is 0 Å². The maximum atomic E-state index is 13.1. The van der Waals surface area contributed by atoms with Crippen molar-refractivity contribution in [2.75, 3.05) is 12.4 Å². The second-order valence-electron chi connectivity index (χ2n) is 8.14. The molecule has 0 unspecified atom stereocenters. The van der Waals surface area contributed by atoms with Gasteiger partial charge in [-0.3, -0.25) is 0 Å². The molecule has 1 saturated heterocycles. The summed E-state index contributed by atoms with van der Waals surface area (Å²) in [4.78, 5) is 39.1. The van der Waals surface area contributed by atoms with Gasteiger partial charge in [-0.15, -0.1) is 0 Å². The van der Waals surface area contributed by atoms with Crippen LogP contribution in [0.1, 0.15) is 31.1 Å². The molecule has 0 bridgehead atoms. The van der Waals surface area contributed by atoms with Crippen LogP contribution in [0, 0.1) is 0 Å². The molecule has 3 aromatic carbocycles. The highest BCUT2D eigenvalue weighted by Crippen LogP contribution is 2.31. The number of hydrogen-bond donors (Lipinski definition) is 0. The van der Waals surface area contributed by atoms with Gasteiger partial charge in [-0.05, 0) is 36.4 Å². The van der Waals surface area contributed by atoms with Gasteiger partial charge in [-0.1, -0.05) is 70.5 Å². The van der Waals surface area contributed by atoms with Crippen LogP contribution < -0.4 is 0 Å². The molecular weight excluding hydrogens is 544 g/mol. The van der Waals surface area contributed by atoms with Crippen molar-refractivity contribution in [2.24, 2.45) is 0 Å². The van der Waals surface area contributed by atoms with E-state index in [1.54, 1.807) is 91.0 Å². The molecular formula is C28H25BrO8. The van der Waals surface area contributed by atoms with Crippen LogP contribution >= 0.6 is 15.9 Å². The van der Waals surface area contributed by atoms with Gasteiger partial charge in [-0.25, -0.2) is 14.4 Å². The summed E-state index contributed by atoms with van der Waals surface area (Å²) in [5.74, 6) is -2.01. The summed E-state index contributed by atoms with van der Waals surface area (Å²) in [5, 5.41) is 0.221. The average Bonchev–Trinajstić information content (AvgIpc) is 2.95. The second kappa shape index (κ2) is 12.6. The van der Waals surface area contributed by atoms with Crippen LogP contribution in [-0.2, 0) is 23.7 Å². The summed E-state index contributed by atoms with van der Waals surface area (Å²) in [6, 6.07) is 25.1. The first kappa shape index (κ1) is 26.5. The van der Waals surface area contributed by atoms with E-state index in [1.807, 2.05) is 0 Å². The molecule has 3 aromatic rings. The molecule has 4 rings (SSSR count). The SMILES string of the molecule is CO[C@H]1O[C@H](CBr)[C@H](OC(=O)c2ccccc2)[C@H](OC(=O)c2ccccc2)[C@H]1OC(=O)c1ccccc1. The third-order valence-corrected chi connectivity index (χ3v) is 6.37. The minimum absolute atomic E-state index is 0.221. The number of alkyl halides is 1. The highest BCUT2D eigenvalue weighted by atomic mass is 79.9. The van der Waals surface area contributed by atoms with Crippen LogP contribution in [0.15, 0.2) is 91.0 Å². The molecule has 8 nitrogen and oxygen atoms in total. The van der Waals surface area contributed by atoms with Crippen molar-refractivity contribution < 1.29 is 38.1 Å². The first-order valence-electron chi connectivity index (χ1n) is 11.5. The molecule has 0 aliphatic carbocycles. The number of ether oxygens (including phenoxy) is 5. The van der Waals surface area contributed by atoms with Crippen LogP contribution in [0.2, 0.25) is 0 Å². The zero-order chi connectivity index (χ0) is 26.2. The Morgan fingerprint density at radius 3 is 1.41 bits per heavy atom. The van der Waals surface area contributed by atoms with Gasteiger partial charge >= 0.3 is 17.9 Å². The van der Waals surface area contributed by atoms with Gasteiger partial charge in [0.05, 0.1) is 16.7 Å². The molecule has 0 saturated carbocycles. The molecule has 0 amide bonds. The average molecular weight is 569 g/mol. The summed E-state index contributed by atoms with van der Waals surface area (Å²) >= 11 is 3.38. The predicted octanol–water partition coefficient (Wildman–Crippen LogP) is 4.43. The molecule has 37 heavy (non-hydrogen) atoms. The molecule has 9 heteroatoms. The smallest absolute Gasteiger partial charge is 0.338 e. The highest BCUT2D eigenvalue weighted by Gasteiger charge is 2.52. The van der Waals surface area contributed by atoms with Crippen molar-refractivity contribution in [1.82, 2.24) is 0 Å². The summed E-state index contributed by atoms with van der Waals surface area (Å²) < 4.78 is 28.9. The number of hydrogen-bond acceptors (Lipinski definition) is 8. The lowest BCUT2D eigenvalue weighted by molar-refractivity contribution is -0.282. The van der Waals surface area contributed by atoms with E-state index in [0.717, 1.165) is 0 Å². The van der Waals surface area contributed by atoms with Gasteiger partial charge in [0.1, 0.15) is 6.10 Å². The number of carbonyl (C=O) groups is 3. The van der Waals surface area contributed by atoms with E-state index in [-0.39, 0.29) is 16.5 Å². The third kappa shape index (κ3) is 6.43. The van der Waals surface area contributed by atoms with E-state index in [1.165, 1.54) is 7.11 Å². The molecule has 192 valence electrons. The Bertz CT molecular complexity index is 1120. The minimum atomic E-state index is -1.24.